The van der Waals surface area contributed by atoms with Gasteiger partial charge in [0, 0.05) is 6.20 Å². The fourth-order valence-corrected chi connectivity index (χ4v) is 2.22. The fourth-order valence-electron chi connectivity index (χ4n) is 1.98. The molecule has 0 bridgehead atoms. The summed E-state index contributed by atoms with van der Waals surface area (Å²) in [4.78, 5) is 3.57. The first-order valence-corrected chi connectivity index (χ1v) is 5.94. The third-order valence-corrected chi connectivity index (χ3v) is 3.38. The molecule has 20 heavy (non-hydrogen) atoms. The Balaban J connectivity index is 2.55. The van der Waals surface area contributed by atoms with E-state index in [1.54, 1.807) is 0 Å². The lowest BCUT2D eigenvalue weighted by atomic mass is 9.95. The number of aliphatic hydroxyl groups is 3. The number of terminal acetylenes is 1. The van der Waals surface area contributed by atoms with Crippen molar-refractivity contribution in [2.45, 2.75) is 24.0 Å². The maximum absolute atomic E-state index is 13.5. The van der Waals surface area contributed by atoms with Gasteiger partial charge in [-0.1, -0.05) is 5.92 Å². The molecule has 0 saturated carbocycles. The summed E-state index contributed by atoms with van der Waals surface area (Å²) in [6, 6.07) is 0. The summed E-state index contributed by atoms with van der Waals surface area (Å²) in [6.45, 7) is -0.583. The van der Waals surface area contributed by atoms with Crippen LogP contribution in [-0.4, -0.2) is 49.3 Å². The van der Waals surface area contributed by atoms with Gasteiger partial charge in [0.25, 0.3) is 0 Å². The molecule has 9 heteroatoms. The summed E-state index contributed by atoms with van der Waals surface area (Å²) in [6.07, 6.45) is 1.98. The standard InChI is InChI=1S/C11H12FN3O4S/c1-2-11(18)7(17)6(4-16)19-9(11)15-3-5(12)8(13)14-10(15)20/h1,3,6-7,9,16-18H,4H2,(H2,13,14,20)/t6?,7-,9?,11?/m0/s1. The summed E-state index contributed by atoms with van der Waals surface area (Å²) in [5.74, 6) is 0.690. The molecule has 1 aliphatic rings. The summed E-state index contributed by atoms with van der Waals surface area (Å²) in [5, 5.41) is 29.3. The molecular formula is C11H12FN3O4S. The van der Waals surface area contributed by atoms with E-state index in [-0.39, 0.29) is 4.77 Å². The van der Waals surface area contributed by atoms with Crippen LogP contribution < -0.4 is 5.73 Å². The molecule has 2 heterocycles. The lowest BCUT2D eigenvalue weighted by molar-refractivity contribution is -0.0757. The number of aromatic nitrogens is 2. The van der Waals surface area contributed by atoms with Gasteiger partial charge in [-0.05, 0) is 12.2 Å². The molecule has 5 N–H and O–H groups in total. The summed E-state index contributed by atoms with van der Waals surface area (Å²) in [7, 11) is 0. The van der Waals surface area contributed by atoms with Gasteiger partial charge in [-0.3, -0.25) is 4.57 Å². The van der Waals surface area contributed by atoms with Crippen molar-refractivity contribution in [1.82, 2.24) is 9.55 Å². The molecule has 0 amide bonds. The van der Waals surface area contributed by atoms with Gasteiger partial charge in [-0.2, -0.15) is 4.98 Å². The van der Waals surface area contributed by atoms with Gasteiger partial charge in [0.05, 0.1) is 6.61 Å². The first-order valence-electron chi connectivity index (χ1n) is 5.53. The maximum Gasteiger partial charge on any atom is 0.203 e. The van der Waals surface area contributed by atoms with Crippen LogP contribution in [0.4, 0.5) is 10.2 Å². The van der Waals surface area contributed by atoms with E-state index in [1.165, 1.54) is 0 Å². The molecule has 0 spiro atoms. The van der Waals surface area contributed by atoms with Crippen molar-refractivity contribution >= 4 is 18.0 Å². The number of nitrogen functional groups attached to an aromatic ring is 1. The Morgan fingerprint density at radius 1 is 1.70 bits per heavy atom. The van der Waals surface area contributed by atoms with Gasteiger partial charge in [-0.15, -0.1) is 6.42 Å². The molecule has 7 nitrogen and oxygen atoms in total. The number of nitrogens with two attached hydrogens (primary N) is 1. The molecule has 1 aromatic rings. The monoisotopic (exact) mass is 301 g/mol. The van der Waals surface area contributed by atoms with Crippen LogP contribution in [-0.2, 0) is 4.74 Å². The quantitative estimate of drug-likeness (QED) is 0.407. The van der Waals surface area contributed by atoms with Crippen molar-refractivity contribution in [3.8, 4) is 12.3 Å². The molecule has 1 saturated heterocycles. The lowest BCUT2D eigenvalue weighted by Gasteiger charge is -2.26. The molecule has 2 rings (SSSR count). The van der Waals surface area contributed by atoms with Crippen molar-refractivity contribution < 1.29 is 24.4 Å². The summed E-state index contributed by atoms with van der Waals surface area (Å²) >= 11 is 4.90. The lowest BCUT2D eigenvalue weighted by Crippen LogP contribution is -2.46. The largest absolute Gasteiger partial charge is 0.394 e. The zero-order valence-electron chi connectivity index (χ0n) is 10.1. The second kappa shape index (κ2) is 5.08. The second-order valence-corrected chi connectivity index (χ2v) is 4.65. The van der Waals surface area contributed by atoms with Crippen molar-refractivity contribution in [1.29, 1.82) is 0 Å². The zero-order valence-corrected chi connectivity index (χ0v) is 10.9. The molecule has 1 aliphatic heterocycles. The van der Waals surface area contributed by atoms with Crippen LogP contribution in [0.5, 0.6) is 0 Å². The molecule has 1 aromatic heterocycles. The number of halogens is 1. The highest BCUT2D eigenvalue weighted by atomic mass is 32.1. The minimum atomic E-state index is -2.18. The van der Waals surface area contributed by atoms with Crippen LogP contribution in [0.25, 0.3) is 0 Å². The van der Waals surface area contributed by atoms with E-state index in [0.717, 1.165) is 10.8 Å². The highest BCUT2D eigenvalue weighted by Crippen LogP contribution is 2.38. The Hall–Kier alpha value is -1.57. The minimum Gasteiger partial charge on any atom is -0.394 e. The average molecular weight is 301 g/mol. The van der Waals surface area contributed by atoms with E-state index in [1.807, 2.05) is 5.92 Å². The molecule has 0 aromatic carbocycles. The van der Waals surface area contributed by atoms with Crippen molar-refractivity contribution in [3.63, 3.8) is 0 Å². The predicted molar refractivity (Wildman–Crippen MR) is 68.2 cm³/mol. The van der Waals surface area contributed by atoms with E-state index >= 15 is 0 Å². The van der Waals surface area contributed by atoms with Gasteiger partial charge >= 0.3 is 0 Å². The number of ether oxygens (including phenoxy) is 1. The van der Waals surface area contributed by atoms with Crippen LogP contribution in [0.2, 0.25) is 0 Å². The van der Waals surface area contributed by atoms with Crippen molar-refractivity contribution in [2.24, 2.45) is 0 Å². The Bertz CT molecular complexity index is 631. The third-order valence-electron chi connectivity index (χ3n) is 3.08. The van der Waals surface area contributed by atoms with Crippen LogP contribution >= 0.6 is 12.2 Å². The average Bonchev–Trinajstić information content (AvgIpc) is 2.67. The molecular weight excluding hydrogens is 289 g/mol. The van der Waals surface area contributed by atoms with Crippen molar-refractivity contribution in [3.05, 3.63) is 16.8 Å². The first kappa shape index (κ1) is 14.8. The minimum absolute atomic E-state index is 0.187. The molecule has 108 valence electrons. The van der Waals surface area contributed by atoms with Crippen LogP contribution in [0.3, 0.4) is 0 Å². The second-order valence-electron chi connectivity index (χ2n) is 4.29. The van der Waals surface area contributed by atoms with Gasteiger partial charge in [0.2, 0.25) is 4.77 Å². The third kappa shape index (κ3) is 2.07. The molecule has 4 atom stereocenters. The van der Waals surface area contributed by atoms with Gasteiger partial charge < -0.3 is 25.8 Å². The number of hydrogen-bond acceptors (Lipinski definition) is 7. The highest BCUT2D eigenvalue weighted by Gasteiger charge is 2.55. The van der Waals surface area contributed by atoms with E-state index in [4.69, 9.17) is 34.2 Å². The zero-order chi connectivity index (χ0) is 15.1. The smallest absolute Gasteiger partial charge is 0.203 e. The number of hydrogen-bond donors (Lipinski definition) is 4. The van der Waals surface area contributed by atoms with Gasteiger partial charge in [0.1, 0.15) is 12.2 Å². The number of aliphatic hydroxyl groups excluding tert-OH is 2. The Morgan fingerprint density at radius 3 is 2.90 bits per heavy atom. The Morgan fingerprint density at radius 2 is 2.35 bits per heavy atom. The fraction of sp³-hybridized carbons (Fsp3) is 0.455. The Kier molecular flexibility index (Phi) is 3.77. The number of nitrogens with zero attached hydrogens (tertiary/aromatic N) is 2. The van der Waals surface area contributed by atoms with E-state index < -0.39 is 42.3 Å². The first-order chi connectivity index (χ1) is 9.35. The van der Waals surface area contributed by atoms with E-state index in [9.17, 15) is 14.6 Å². The maximum atomic E-state index is 13.5. The normalized spacial score (nSPS) is 33.0. The van der Waals surface area contributed by atoms with Crippen LogP contribution in [0.15, 0.2) is 6.20 Å². The molecule has 3 unspecified atom stereocenters. The molecule has 0 radical (unpaired) electrons. The van der Waals surface area contributed by atoms with Gasteiger partial charge in [0.15, 0.2) is 23.5 Å². The summed E-state index contributed by atoms with van der Waals surface area (Å²) in [5.41, 5.74) is 3.09. The van der Waals surface area contributed by atoms with Gasteiger partial charge in [-0.25, -0.2) is 4.39 Å². The van der Waals surface area contributed by atoms with E-state index in [2.05, 4.69) is 4.98 Å². The number of anilines is 1. The van der Waals surface area contributed by atoms with Crippen LogP contribution in [0, 0.1) is 22.9 Å². The molecule has 0 aliphatic carbocycles. The van der Waals surface area contributed by atoms with Crippen LogP contribution in [0.1, 0.15) is 6.23 Å². The summed E-state index contributed by atoms with van der Waals surface area (Å²) < 4.78 is 19.5. The van der Waals surface area contributed by atoms with Crippen molar-refractivity contribution in [2.75, 3.05) is 12.3 Å². The highest BCUT2D eigenvalue weighted by molar-refractivity contribution is 7.71. The topological polar surface area (TPSA) is 114 Å². The number of rotatable bonds is 2. The predicted octanol–water partition coefficient (Wildman–Crippen LogP) is -1.05. The Labute approximate surface area is 118 Å². The SMILES string of the molecule is C#CC1(O)C(n2cc(F)c(N)nc2=S)OC(CO)[C@@H]1O. The molecule has 1 fully saturated rings. The van der Waals surface area contributed by atoms with E-state index in [0.29, 0.717) is 0 Å².